The van der Waals surface area contributed by atoms with Crippen molar-refractivity contribution >= 4 is 11.9 Å². The van der Waals surface area contributed by atoms with Gasteiger partial charge in [0.15, 0.2) is 0 Å². The highest BCUT2D eigenvalue weighted by Gasteiger charge is 2.49. The normalized spacial score (nSPS) is 26.9. The molecule has 1 aliphatic rings. The summed E-state index contributed by atoms with van der Waals surface area (Å²) >= 11 is 0. The summed E-state index contributed by atoms with van der Waals surface area (Å²) in [6.45, 7) is 1.44. The Kier molecular flexibility index (Phi) is 1.68. The van der Waals surface area contributed by atoms with Crippen LogP contribution in [0.25, 0.3) is 0 Å². The predicted octanol–water partition coefficient (Wildman–Crippen LogP) is -0.335. The fourth-order valence-electron chi connectivity index (χ4n) is 0.935. The quantitative estimate of drug-likeness (QED) is 0.552. The first-order valence-electron chi connectivity index (χ1n) is 3.14. The lowest BCUT2D eigenvalue weighted by molar-refractivity contribution is -0.145. The second-order valence-corrected chi connectivity index (χ2v) is 2.41. The number of primary amides is 1. The molecule has 0 aliphatic carbocycles. The van der Waals surface area contributed by atoms with Gasteiger partial charge in [0, 0.05) is 0 Å². The number of carboxylic acids is 1. The number of azo groups is 1. The van der Waals surface area contributed by atoms with Crippen LogP contribution in [0.1, 0.15) is 6.92 Å². The van der Waals surface area contributed by atoms with Gasteiger partial charge in [-0.3, -0.25) is 4.79 Å². The lowest BCUT2D eigenvalue weighted by atomic mass is 9.92. The van der Waals surface area contributed by atoms with Gasteiger partial charge < -0.3 is 10.8 Å². The second kappa shape index (κ2) is 2.40. The van der Waals surface area contributed by atoms with Gasteiger partial charge in [0.25, 0.3) is 11.4 Å². The number of aliphatic carboxylic acids is 1. The third kappa shape index (κ3) is 0.810. The van der Waals surface area contributed by atoms with Crippen LogP contribution in [0.3, 0.4) is 0 Å². The van der Waals surface area contributed by atoms with Crippen LogP contribution in [-0.4, -0.2) is 22.5 Å². The molecule has 0 saturated heterocycles. The monoisotopic (exact) mass is 169 g/mol. The summed E-state index contributed by atoms with van der Waals surface area (Å²) in [5.74, 6) is -2.42. The molecule has 6 nitrogen and oxygen atoms in total. The number of nitrogens with two attached hydrogens (primary N) is 1. The molecule has 1 amide bonds. The molecule has 12 heavy (non-hydrogen) atoms. The minimum Gasteiger partial charge on any atom is -0.479 e. The Hall–Kier alpha value is -1.72. The summed E-state index contributed by atoms with van der Waals surface area (Å²) in [6, 6.07) is 0. The van der Waals surface area contributed by atoms with Crippen LogP contribution in [0.5, 0.6) is 0 Å². The second-order valence-electron chi connectivity index (χ2n) is 2.41. The van der Waals surface area contributed by atoms with Crippen molar-refractivity contribution in [2.45, 2.75) is 12.5 Å². The maximum Gasteiger partial charge on any atom is 0.347 e. The van der Waals surface area contributed by atoms with Crippen LogP contribution in [0.2, 0.25) is 0 Å². The van der Waals surface area contributed by atoms with Gasteiger partial charge in [-0.15, -0.1) is 0 Å². The molecule has 64 valence electrons. The van der Waals surface area contributed by atoms with Crippen LogP contribution in [-0.2, 0) is 9.59 Å². The summed E-state index contributed by atoms with van der Waals surface area (Å²) in [7, 11) is 0. The van der Waals surface area contributed by atoms with E-state index in [1.165, 1.54) is 13.1 Å². The van der Waals surface area contributed by atoms with Crippen molar-refractivity contribution in [2.24, 2.45) is 16.0 Å². The average Bonchev–Trinajstić information content (AvgIpc) is 2.31. The van der Waals surface area contributed by atoms with E-state index in [9.17, 15) is 9.59 Å². The van der Waals surface area contributed by atoms with E-state index in [1.807, 2.05) is 0 Å². The number of carboxylic acid groups (broad SMARTS) is 1. The molecule has 6 heteroatoms. The minimum atomic E-state index is -1.97. The van der Waals surface area contributed by atoms with Crippen molar-refractivity contribution in [3.63, 3.8) is 0 Å². The number of hydrogen-bond donors (Lipinski definition) is 2. The summed E-state index contributed by atoms with van der Waals surface area (Å²) in [5, 5.41) is 15.4. The van der Waals surface area contributed by atoms with Crippen LogP contribution in [0, 0.1) is 0 Å². The zero-order chi connectivity index (χ0) is 9.35. The van der Waals surface area contributed by atoms with E-state index in [0.717, 1.165) is 0 Å². The third-order valence-electron chi connectivity index (χ3n) is 1.70. The Labute approximate surface area is 67.8 Å². The Morgan fingerprint density at radius 2 is 2.25 bits per heavy atom. The molecule has 3 N–H and O–H groups in total. The maximum absolute atomic E-state index is 10.8. The third-order valence-corrected chi connectivity index (χ3v) is 1.70. The Balaban J connectivity index is 3.22. The van der Waals surface area contributed by atoms with Crippen molar-refractivity contribution in [2.75, 3.05) is 0 Å². The van der Waals surface area contributed by atoms with E-state index >= 15 is 0 Å². The smallest absolute Gasteiger partial charge is 0.347 e. The van der Waals surface area contributed by atoms with Crippen molar-refractivity contribution < 1.29 is 14.7 Å². The lowest BCUT2D eigenvalue weighted by Gasteiger charge is -2.16. The van der Waals surface area contributed by atoms with Crippen molar-refractivity contribution in [3.8, 4) is 0 Å². The van der Waals surface area contributed by atoms with Gasteiger partial charge in [0.2, 0.25) is 0 Å². The number of nitrogens with zero attached hydrogens (tertiary/aromatic N) is 2. The van der Waals surface area contributed by atoms with Gasteiger partial charge in [-0.2, -0.15) is 10.2 Å². The van der Waals surface area contributed by atoms with Gasteiger partial charge in [0.1, 0.15) is 0 Å². The summed E-state index contributed by atoms with van der Waals surface area (Å²) in [6.07, 6.45) is 1.21. The first-order chi connectivity index (χ1) is 5.51. The van der Waals surface area contributed by atoms with Crippen molar-refractivity contribution in [3.05, 3.63) is 11.8 Å². The Morgan fingerprint density at radius 1 is 1.67 bits per heavy atom. The molecular formula is C6H7N3O3. The fraction of sp³-hybridized carbons (Fsp3) is 0.333. The minimum absolute atomic E-state index is 0.225. The molecule has 1 rings (SSSR count). The molecule has 0 radical (unpaired) electrons. The van der Waals surface area contributed by atoms with Gasteiger partial charge in [-0.05, 0) is 12.5 Å². The number of rotatable bonds is 2. The van der Waals surface area contributed by atoms with E-state index in [0.29, 0.717) is 0 Å². The summed E-state index contributed by atoms with van der Waals surface area (Å²) < 4.78 is 0. The first-order valence-corrected chi connectivity index (χ1v) is 3.14. The molecular weight excluding hydrogens is 162 g/mol. The number of hydrogen-bond acceptors (Lipinski definition) is 4. The number of amides is 1. The van der Waals surface area contributed by atoms with E-state index < -0.39 is 17.4 Å². The highest BCUT2D eigenvalue weighted by atomic mass is 16.4. The largest absolute Gasteiger partial charge is 0.479 e. The molecule has 0 aromatic heterocycles. The summed E-state index contributed by atoms with van der Waals surface area (Å²) in [4.78, 5) is 21.5. The van der Waals surface area contributed by atoms with Gasteiger partial charge in [-0.25, -0.2) is 4.79 Å². The van der Waals surface area contributed by atoms with E-state index in [2.05, 4.69) is 10.2 Å². The summed E-state index contributed by atoms with van der Waals surface area (Å²) in [5.41, 5.74) is 3.16. The topological polar surface area (TPSA) is 105 Å². The van der Waals surface area contributed by atoms with Crippen LogP contribution >= 0.6 is 0 Å². The van der Waals surface area contributed by atoms with Gasteiger partial charge >= 0.3 is 5.97 Å². The van der Waals surface area contributed by atoms with E-state index in [1.54, 1.807) is 0 Å². The van der Waals surface area contributed by atoms with Crippen LogP contribution in [0.4, 0.5) is 0 Å². The van der Waals surface area contributed by atoms with E-state index in [4.69, 9.17) is 10.8 Å². The average molecular weight is 169 g/mol. The molecule has 1 heterocycles. The van der Waals surface area contributed by atoms with Crippen molar-refractivity contribution in [1.29, 1.82) is 0 Å². The molecule has 0 saturated carbocycles. The Bertz CT molecular complexity index is 291. The molecule has 0 spiro atoms. The van der Waals surface area contributed by atoms with E-state index in [-0.39, 0.29) is 5.57 Å². The molecule has 1 unspecified atom stereocenters. The molecule has 0 aromatic rings. The molecule has 0 bridgehead atoms. The van der Waals surface area contributed by atoms with Crippen LogP contribution < -0.4 is 5.73 Å². The Morgan fingerprint density at radius 3 is 2.42 bits per heavy atom. The first kappa shape index (κ1) is 8.38. The zero-order valence-electron chi connectivity index (χ0n) is 6.31. The molecule has 0 aromatic carbocycles. The fourth-order valence-corrected chi connectivity index (χ4v) is 0.935. The predicted molar refractivity (Wildman–Crippen MR) is 38.2 cm³/mol. The molecule has 1 aliphatic heterocycles. The van der Waals surface area contributed by atoms with Gasteiger partial charge in [0.05, 0.1) is 6.20 Å². The maximum atomic E-state index is 10.8. The highest BCUT2D eigenvalue weighted by molar-refractivity contribution is 6.10. The standard InChI is InChI=1S/C6H7N3O3/c1-3-2-8-9-6(3,4(7)10)5(11)12/h2H,1H3,(H2,7,10)(H,11,12). The highest BCUT2D eigenvalue weighted by Crippen LogP contribution is 2.27. The number of carbonyl (C=O) groups is 2. The van der Waals surface area contributed by atoms with Crippen molar-refractivity contribution in [1.82, 2.24) is 0 Å². The van der Waals surface area contributed by atoms with Gasteiger partial charge in [-0.1, -0.05) is 0 Å². The zero-order valence-corrected chi connectivity index (χ0v) is 6.31. The SMILES string of the molecule is CC1=CN=NC1(C(N)=O)C(=O)O. The lowest BCUT2D eigenvalue weighted by Crippen LogP contribution is -2.48. The molecule has 1 atom stereocenters. The molecule has 0 fully saturated rings. The van der Waals surface area contributed by atoms with Crippen LogP contribution in [0.15, 0.2) is 22.0 Å². The number of carbonyl (C=O) groups excluding carboxylic acids is 1.